The van der Waals surface area contributed by atoms with Gasteiger partial charge in [0.25, 0.3) is 0 Å². The molecule has 1 aromatic heterocycles. The van der Waals surface area contributed by atoms with Crippen molar-refractivity contribution in [1.82, 2.24) is 9.78 Å². The van der Waals surface area contributed by atoms with Gasteiger partial charge < -0.3 is 0 Å². The molecule has 4 heteroatoms. The van der Waals surface area contributed by atoms with Gasteiger partial charge in [-0.05, 0) is 12.8 Å². The first kappa shape index (κ1) is 12.3. The maximum Gasteiger partial charge on any atom is 0.154 e. The van der Waals surface area contributed by atoms with E-state index in [4.69, 9.17) is 0 Å². The molecule has 0 aliphatic heterocycles. The monoisotopic (exact) mass is 226 g/mol. The molecule has 1 aromatic rings. The molecular formula is C11H18N2OS. The molecular weight excluding hydrogens is 208 g/mol. The molecule has 0 bridgehead atoms. The van der Waals surface area contributed by atoms with Gasteiger partial charge in [0.05, 0.1) is 11.3 Å². The lowest BCUT2D eigenvalue weighted by Crippen LogP contribution is -1.99. The van der Waals surface area contributed by atoms with Gasteiger partial charge in [0.2, 0.25) is 0 Å². The second-order valence-corrected chi connectivity index (χ2v) is 4.88. The first-order valence-corrected chi connectivity index (χ1v) is 6.20. The van der Waals surface area contributed by atoms with E-state index in [9.17, 15) is 4.79 Å². The lowest BCUT2D eigenvalue weighted by Gasteiger charge is -2.08. The third-order valence-electron chi connectivity index (χ3n) is 2.53. The van der Waals surface area contributed by atoms with Crippen LogP contribution in [0.5, 0.6) is 0 Å². The molecule has 0 aliphatic rings. The Morgan fingerprint density at radius 1 is 1.60 bits per heavy atom. The average molecular weight is 226 g/mol. The topological polar surface area (TPSA) is 34.9 Å². The number of aryl methyl sites for hydroxylation is 2. The number of thioether (sulfide) groups is 1. The SMILES string of the molecule is CCC(C)CSc1c(C=O)c(C)nn1C. The van der Waals surface area contributed by atoms with Crippen molar-refractivity contribution < 1.29 is 4.79 Å². The van der Waals surface area contributed by atoms with E-state index in [2.05, 4.69) is 18.9 Å². The first-order valence-electron chi connectivity index (χ1n) is 5.21. The third kappa shape index (κ3) is 2.84. The number of aromatic nitrogens is 2. The average Bonchev–Trinajstić information content (AvgIpc) is 2.49. The van der Waals surface area contributed by atoms with Crippen LogP contribution in [-0.2, 0) is 7.05 Å². The lowest BCUT2D eigenvalue weighted by atomic mass is 10.2. The molecule has 0 N–H and O–H groups in total. The van der Waals surface area contributed by atoms with E-state index in [1.165, 1.54) is 6.42 Å². The van der Waals surface area contributed by atoms with Gasteiger partial charge in [-0.15, -0.1) is 11.8 Å². The number of rotatable bonds is 5. The molecule has 0 amide bonds. The zero-order valence-electron chi connectivity index (χ0n) is 9.78. The Morgan fingerprint density at radius 2 is 2.27 bits per heavy atom. The molecule has 0 fully saturated rings. The van der Waals surface area contributed by atoms with Gasteiger partial charge in [-0.2, -0.15) is 5.10 Å². The van der Waals surface area contributed by atoms with Crippen molar-refractivity contribution in [2.45, 2.75) is 32.2 Å². The molecule has 1 unspecified atom stereocenters. The summed E-state index contributed by atoms with van der Waals surface area (Å²) in [6.07, 6.45) is 2.07. The van der Waals surface area contributed by atoms with Crippen LogP contribution in [0.2, 0.25) is 0 Å². The van der Waals surface area contributed by atoms with E-state index < -0.39 is 0 Å². The van der Waals surface area contributed by atoms with Gasteiger partial charge in [0.1, 0.15) is 5.03 Å². The predicted octanol–water partition coefficient (Wildman–Crippen LogP) is 2.68. The fraction of sp³-hybridized carbons (Fsp3) is 0.636. The van der Waals surface area contributed by atoms with E-state index in [1.54, 1.807) is 16.4 Å². The minimum absolute atomic E-state index is 0.671. The molecule has 1 heterocycles. The van der Waals surface area contributed by atoms with Crippen LogP contribution in [-0.4, -0.2) is 21.8 Å². The number of carbonyl (C=O) groups is 1. The van der Waals surface area contributed by atoms with Gasteiger partial charge in [0, 0.05) is 12.8 Å². The van der Waals surface area contributed by atoms with Gasteiger partial charge in [-0.25, -0.2) is 0 Å². The third-order valence-corrected chi connectivity index (χ3v) is 4.03. The summed E-state index contributed by atoms with van der Waals surface area (Å²) in [5, 5.41) is 5.24. The van der Waals surface area contributed by atoms with Gasteiger partial charge in [0.15, 0.2) is 6.29 Å². The highest BCUT2D eigenvalue weighted by Gasteiger charge is 2.13. The maximum absolute atomic E-state index is 10.9. The summed E-state index contributed by atoms with van der Waals surface area (Å²) in [6.45, 7) is 6.27. The highest BCUT2D eigenvalue weighted by Crippen LogP contribution is 2.25. The van der Waals surface area contributed by atoms with Crippen molar-refractivity contribution >= 4 is 18.0 Å². The van der Waals surface area contributed by atoms with Crippen LogP contribution < -0.4 is 0 Å². The smallest absolute Gasteiger partial charge is 0.154 e. The molecule has 1 rings (SSSR count). The second kappa shape index (κ2) is 5.35. The van der Waals surface area contributed by atoms with Gasteiger partial charge >= 0.3 is 0 Å². The summed E-state index contributed by atoms with van der Waals surface area (Å²) in [7, 11) is 1.89. The normalized spacial score (nSPS) is 12.8. The largest absolute Gasteiger partial charge is 0.298 e. The number of nitrogens with zero attached hydrogens (tertiary/aromatic N) is 2. The van der Waals surface area contributed by atoms with Crippen molar-refractivity contribution in [3.63, 3.8) is 0 Å². The molecule has 0 aliphatic carbocycles. The van der Waals surface area contributed by atoms with Gasteiger partial charge in [-0.3, -0.25) is 9.48 Å². The Labute approximate surface area is 95.2 Å². The van der Waals surface area contributed by atoms with Crippen LogP contribution in [0.25, 0.3) is 0 Å². The summed E-state index contributed by atoms with van der Waals surface area (Å²) in [4.78, 5) is 10.9. The maximum atomic E-state index is 10.9. The Kier molecular flexibility index (Phi) is 4.39. The number of carbonyl (C=O) groups excluding carboxylic acids is 1. The van der Waals surface area contributed by atoms with Crippen LogP contribution >= 0.6 is 11.8 Å². The molecule has 1 atom stereocenters. The van der Waals surface area contributed by atoms with Crippen LogP contribution in [0.3, 0.4) is 0 Å². The Bertz CT molecular complexity index is 347. The Balaban J connectivity index is 2.79. The lowest BCUT2D eigenvalue weighted by molar-refractivity contribution is 0.112. The van der Waals surface area contributed by atoms with Crippen molar-refractivity contribution in [1.29, 1.82) is 0 Å². The summed E-state index contributed by atoms with van der Waals surface area (Å²) >= 11 is 1.72. The Hall–Kier alpha value is -0.770. The number of hydrogen-bond acceptors (Lipinski definition) is 3. The fourth-order valence-corrected chi connectivity index (χ4v) is 2.56. The summed E-state index contributed by atoms with van der Waals surface area (Å²) in [6, 6.07) is 0. The van der Waals surface area contributed by atoms with Crippen molar-refractivity contribution in [2.75, 3.05) is 5.75 Å². The van der Waals surface area contributed by atoms with Gasteiger partial charge in [-0.1, -0.05) is 20.3 Å². The van der Waals surface area contributed by atoms with Crippen LogP contribution in [0.1, 0.15) is 36.3 Å². The highest BCUT2D eigenvalue weighted by atomic mass is 32.2. The van der Waals surface area contributed by atoms with Crippen LogP contribution in [0.15, 0.2) is 5.03 Å². The van der Waals surface area contributed by atoms with E-state index in [-0.39, 0.29) is 0 Å². The molecule has 0 saturated carbocycles. The predicted molar refractivity (Wildman–Crippen MR) is 63.5 cm³/mol. The van der Waals surface area contributed by atoms with E-state index in [0.717, 1.165) is 28.3 Å². The molecule has 0 aromatic carbocycles. The first-order chi connectivity index (χ1) is 7.10. The summed E-state index contributed by atoms with van der Waals surface area (Å²) in [5.41, 5.74) is 1.56. The quantitative estimate of drug-likeness (QED) is 0.572. The summed E-state index contributed by atoms with van der Waals surface area (Å²) < 4.78 is 1.80. The minimum atomic E-state index is 0.671. The standard InChI is InChI=1S/C11H18N2OS/c1-5-8(2)7-15-11-10(6-14)9(3)12-13(11)4/h6,8H,5,7H2,1-4H3. The zero-order chi connectivity index (χ0) is 11.4. The zero-order valence-corrected chi connectivity index (χ0v) is 10.6. The van der Waals surface area contributed by atoms with E-state index in [1.807, 2.05) is 14.0 Å². The van der Waals surface area contributed by atoms with Crippen LogP contribution in [0, 0.1) is 12.8 Å². The number of hydrogen-bond donors (Lipinski definition) is 0. The molecule has 0 spiro atoms. The molecule has 15 heavy (non-hydrogen) atoms. The molecule has 0 saturated heterocycles. The van der Waals surface area contributed by atoms with E-state index >= 15 is 0 Å². The van der Waals surface area contributed by atoms with Crippen molar-refractivity contribution in [3.8, 4) is 0 Å². The Morgan fingerprint density at radius 3 is 2.80 bits per heavy atom. The van der Waals surface area contributed by atoms with Crippen molar-refractivity contribution in [2.24, 2.45) is 13.0 Å². The van der Waals surface area contributed by atoms with Crippen molar-refractivity contribution in [3.05, 3.63) is 11.3 Å². The molecule has 0 radical (unpaired) electrons. The molecule has 3 nitrogen and oxygen atoms in total. The van der Waals surface area contributed by atoms with Crippen LogP contribution in [0.4, 0.5) is 0 Å². The number of aldehydes is 1. The summed E-state index contributed by atoms with van der Waals surface area (Å²) in [5.74, 6) is 1.71. The fourth-order valence-electron chi connectivity index (χ4n) is 1.30. The highest BCUT2D eigenvalue weighted by molar-refractivity contribution is 7.99. The minimum Gasteiger partial charge on any atom is -0.298 e. The molecule has 84 valence electrons. The van der Waals surface area contributed by atoms with E-state index in [0.29, 0.717) is 5.92 Å². The second-order valence-electron chi connectivity index (χ2n) is 3.87.